The molecular formula is C14H18F2N2O. The Morgan fingerprint density at radius 2 is 2.21 bits per heavy atom. The van der Waals surface area contributed by atoms with Crippen LogP contribution in [0.2, 0.25) is 0 Å². The summed E-state index contributed by atoms with van der Waals surface area (Å²) in [6, 6.07) is 2.83. The fraction of sp³-hybridized carbons (Fsp3) is 0.500. The summed E-state index contributed by atoms with van der Waals surface area (Å²) in [4.78, 5) is 13.9. The third kappa shape index (κ3) is 2.76. The van der Waals surface area contributed by atoms with Gasteiger partial charge in [0.05, 0.1) is 5.56 Å². The molecule has 5 heteroatoms. The lowest BCUT2D eigenvalue weighted by Gasteiger charge is -2.39. The molecule has 1 aliphatic heterocycles. The largest absolute Gasteiger partial charge is 0.334 e. The van der Waals surface area contributed by atoms with Crippen LogP contribution in [0.3, 0.4) is 0 Å². The minimum absolute atomic E-state index is 0.107. The van der Waals surface area contributed by atoms with Crippen molar-refractivity contribution in [2.75, 3.05) is 13.1 Å². The van der Waals surface area contributed by atoms with E-state index in [1.807, 2.05) is 6.92 Å². The Kier molecular flexibility index (Phi) is 4.14. The van der Waals surface area contributed by atoms with E-state index in [1.54, 1.807) is 4.90 Å². The summed E-state index contributed by atoms with van der Waals surface area (Å²) in [7, 11) is 0. The normalized spacial score (nSPS) is 23.5. The van der Waals surface area contributed by atoms with Crippen LogP contribution in [-0.4, -0.2) is 29.9 Å². The van der Waals surface area contributed by atoms with Crippen molar-refractivity contribution >= 4 is 5.91 Å². The molecule has 2 unspecified atom stereocenters. The molecule has 1 aliphatic rings. The molecule has 1 heterocycles. The summed E-state index contributed by atoms with van der Waals surface area (Å²) < 4.78 is 26.8. The van der Waals surface area contributed by atoms with Gasteiger partial charge >= 0.3 is 0 Å². The zero-order valence-corrected chi connectivity index (χ0v) is 10.9. The molecule has 1 saturated heterocycles. The highest BCUT2D eigenvalue weighted by molar-refractivity contribution is 5.94. The van der Waals surface area contributed by atoms with Gasteiger partial charge in [-0.15, -0.1) is 0 Å². The van der Waals surface area contributed by atoms with Crippen LogP contribution in [0.1, 0.15) is 30.1 Å². The Labute approximate surface area is 111 Å². The van der Waals surface area contributed by atoms with Crippen molar-refractivity contribution < 1.29 is 13.6 Å². The zero-order valence-electron chi connectivity index (χ0n) is 10.9. The molecule has 1 aromatic rings. The fourth-order valence-corrected chi connectivity index (χ4v) is 2.68. The predicted molar refractivity (Wildman–Crippen MR) is 68.6 cm³/mol. The minimum Gasteiger partial charge on any atom is -0.334 e. The molecule has 0 aliphatic carbocycles. The Morgan fingerprint density at radius 3 is 2.89 bits per heavy atom. The van der Waals surface area contributed by atoms with Gasteiger partial charge in [0, 0.05) is 19.1 Å². The van der Waals surface area contributed by atoms with E-state index in [-0.39, 0.29) is 17.5 Å². The number of carbonyl (C=O) groups is 1. The van der Waals surface area contributed by atoms with Gasteiger partial charge in [-0.3, -0.25) is 4.79 Å². The number of likely N-dealkylation sites (tertiary alicyclic amines) is 1. The number of carbonyl (C=O) groups excluding carboxylic acids is 1. The third-order valence-corrected chi connectivity index (χ3v) is 3.78. The van der Waals surface area contributed by atoms with E-state index < -0.39 is 17.5 Å². The fourth-order valence-electron chi connectivity index (χ4n) is 2.68. The molecule has 1 aromatic carbocycles. The molecule has 104 valence electrons. The lowest BCUT2D eigenvalue weighted by Crippen LogP contribution is -2.51. The van der Waals surface area contributed by atoms with E-state index in [2.05, 4.69) is 0 Å². The maximum atomic E-state index is 13.7. The zero-order chi connectivity index (χ0) is 14.0. The van der Waals surface area contributed by atoms with Gasteiger partial charge in [-0.25, -0.2) is 8.78 Å². The van der Waals surface area contributed by atoms with Crippen LogP contribution in [0.15, 0.2) is 18.2 Å². The number of halogens is 2. The first-order valence-corrected chi connectivity index (χ1v) is 6.50. The summed E-state index contributed by atoms with van der Waals surface area (Å²) >= 11 is 0. The number of nitrogens with two attached hydrogens (primary N) is 1. The second-order valence-corrected chi connectivity index (χ2v) is 5.05. The van der Waals surface area contributed by atoms with Crippen molar-refractivity contribution in [2.45, 2.75) is 25.8 Å². The maximum Gasteiger partial charge on any atom is 0.257 e. The number of rotatable bonds is 2. The van der Waals surface area contributed by atoms with Gasteiger partial charge in [0.2, 0.25) is 0 Å². The van der Waals surface area contributed by atoms with E-state index in [1.165, 1.54) is 0 Å². The molecule has 0 spiro atoms. The number of amides is 1. The molecule has 1 fully saturated rings. The SMILES string of the molecule is CC1CCCN(C(=O)c2cc(F)ccc2F)C1CN. The van der Waals surface area contributed by atoms with E-state index >= 15 is 0 Å². The minimum atomic E-state index is -0.694. The standard InChI is InChI=1S/C14H18F2N2O/c1-9-3-2-6-18(13(9)8-17)14(19)11-7-10(15)4-5-12(11)16/h4-5,7,9,13H,2-3,6,8,17H2,1H3. The molecule has 0 radical (unpaired) electrons. The van der Waals surface area contributed by atoms with E-state index in [4.69, 9.17) is 5.73 Å². The van der Waals surface area contributed by atoms with Crippen molar-refractivity contribution in [1.82, 2.24) is 4.90 Å². The summed E-state index contributed by atoms with van der Waals surface area (Å²) in [5, 5.41) is 0. The highest BCUT2D eigenvalue weighted by Gasteiger charge is 2.32. The highest BCUT2D eigenvalue weighted by Crippen LogP contribution is 2.25. The van der Waals surface area contributed by atoms with Crippen LogP contribution in [0.4, 0.5) is 8.78 Å². The predicted octanol–water partition coefficient (Wildman–Crippen LogP) is 2.16. The van der Waals surface area contributed by atoms with Crippen molar-refractivity contribution in [3.05, 3.63) is 35.4 Å². The van der Waals surface area contributed by atoms with Crippen LogP contribution in [0.25, 0.3) is 0 Å². The lowest BCUT2D eigenvalue weighted by molar-refractivity contribution is 0.0527. The Bertz CT molecular complexity index is 479. The molecule has 1 amide bonds. The number of hydrogen-bond acceptors (Lipinski definition) is 2. The first-order valence-electron chi connectivity index (χ1n) is 6.50. The lowest BCUT2D eigenvalue weighted by atomic mass is 9.90. The third-order valence-electron chi connectivity index (χ3n) is 3.78. The van der Waals surface area contributed by atoms with Gasteiger partial charge in [0.1, 0.15) is 11.6 Å². The summed E-state index contributed by atoms with van der Waals surface area (Å²) in [5.74, 6) is -1.50. The monoisotopic (exact) mass is 268 g/mol. The van der Waals surface area contributed by atoms with Gasteiger partial charge in [-0.1, -0.05) is 6.92 Å². The first-order chi connectivity index (χ1) is 9.04. The van der Waals surface area contributed by atoms with Crippen LogP contribution in [0.5, 0.6) is 0 Å². The van der Waals surface area contributed by atoms with Crippen molar-refractivity contribution in [2.24, 2.45) is 11.7 Å². The molecule has 2 N–H and O–H groups in total. The maximum absolute atomic E-state index is 13.7. The number of piperidine rings is 1. The Hall–Kier alpha value is -1.49. The van der Waals surface area contributed by atoms with Crippen molar-refractivity contribution in [1.29, 1.82) is 0 Å². The highest BCUT2D eigenvalue weighted by atomic mass is 19.1. The van der Waals surface area contributed by atoms with Gasteiger partial charge < -0.3 is 10.6 Å². The van der Waals surface area contributed by atoms with Gasteiger partial charge in [0.25, 0.3) is 5.91 Å². The molecule has 0 bridgehead atoms. The molecule has 2 atom stereocenters. The second-order valence-electron chi connectivity index (χ2n) is 5.05. The number of benzene rings is 1. The van der Waals surface area contributed by atoms with E-state index in [0.29, 0.717) is 13.1 Å². The van der Waals surface area contributed by atoms with Crippen LogP contribution >= 0.6 is 0 Å². The molecule has 0 aromatic heterocycles. The van der Waals surface area contributed by atoms with Gasteiger partial charge in [-0.05, 0) is 37.0 Å². The summed E-state index contributed by atoms with van der Waals surface area (Å²) in [5.41, 5.74) is 5.49. The van der Waals surface area contributed by atoms with Crippen LogP contribution in [-0.2, 0) is 0 Å². The van der Waals surface area contributed by atoms with Crippen molar-refractivity contribution in [3.8, 4) is 0 Å². The van der Waals surface area contributed by atoms with Gasteiger partial charge in [0.15, 0.2) is 0 Å². The molecule has 2 rings (SSSR count). The van der Waals surface area contributed by atoms with E-state index in [0.717, 1.165) is 31.0 Å². The first kappa shape index (κ1) is 13.9. The molecule has 3 nitrogen and oxygen atoms in total. The molecule has 0 saturated carbocycles. The van der Waals surface area contributed by atoms with Crippen molar-refractivity contribution in [3.63, 3.8) is 0 Å². The van der Waals surface area contributed by atoms with Gasteiger partial charge in [-0.2, -0.15) is 0 Å². The van der Waals surface area contributed by atoms with E-state index in [9.17, 15) is 13.6 Å². The van der Waals surface area contributed by atoms with Crippen LogP contribution in [0, 0.1) is 17.6 Å². The number of hydrogen-bond donors (Lipinski definition) is 1. The summed E-state index contributed by atoms with van der Waals surface area (Å²) in [6.45, 7) is 2.91. The molecule has 19 heavy (non-hydrogen) atoms. The Balaban J connectivity index is 2.29. The average molecular weight is 268 g/mol. The average Bonchev–Trinajstić information content (AvgIpc) is 2.40. The quantitative estimate of drug-likeness (QED) is 0.893. The number of nitrogens with zero attached hydrogens (tertiary/aromatic N) is 1. The topological polar surface area (TPSA) is 46.3 Å². The Morgan fingerprint density at radius 1 is 1.47 bits per heavy atom. The molecular weight excluding hydrogens is 250 g/mol. The van der Waals surface area contributed by atoms with Crippen LogP contribution < -0.4 is 5.73 Å². The smallest absolute Gasteiger partial charge is 0.257 e. The second kappa shape index (κ2) is 5.65. The summed E-state index contributed by atoms with van der Waals surface area (Å²) in [6.07, 6.45) is 1.86.